The Bertz CT molecular complexity index is 917. The number of carbonyl (C=O) groups excluding carboxylic acids is 2. The summed E-state index contributed by atoms with van der Waals surface area (Å²) >= 11 is 0. The Kier molecular flexibility index (Phi) is 4.89. The van der Waals surface area contributed by atoms with E-state index in [1.807, 2.05) is 0 Å². The van der Waals surface area contributed by atoms with Crippen molar-refractivity contribution in [1.82, 2.24) is 0 Å². The zero-order valence-electron chi connectivity index (χ0n) is 14.8. The van der Waals surface area contributed by atoms with E-state index < -0.39 is 0 Å². The van der Waals surface area contributed by atoms with Crippen LogP contribution in [0.4, 0.5) is 10.1 Å². The highest BCUT2D eigenvalue weighted by Gasteiger charge is 2.29. The lowest BCUT2D eigenvalue weighted by Crippen LogP contribution is -2.30. The van der Waals surface area contributed by atoms with E-state index in [9.17, 15) is 19.1 Å². The molecule has 2 aromatic carbocycles. The lowest BCUT2D eigenvalue weighted by molar-refractivity contribution is -0.120. The Morgan fingerprint density at radius 1 is 1.23 bits per heavy atom. The van der Waals surface area contributed by atoms with Gasteiger partial charge in [0.1, 0.15) is 11.6 Å². The van der Waals surface area contributed by atoms with Crippen LogP contribution in [0.15, 0.2) is 48.0 Å². The number of carbonyl (C=O) groups is 2. The van der Waals surface area contributed by atoms with Crippen molar-refractivity contribution >= 4 is 23.1 Å². The number of fused-ring (bicyclic) bond motifs is 1. The molecule has 1 aliphatic heterocycles. The van der Waals surface area contributed by atoms with Gasteiger partial charge in [-0.05, 0) is 36.2 Å². The van der Waals surface area contributed by atoms with Crippen LogP contribution >= 0.6 is 0 Å². The molecule has 1 amide bonds. The summed E-state index contributed by atoms with van der Waals surface area (Å²) in [6.45, 7) is 3.53. The van der Waals surface area contributed by atoms with Gasteiger partial charge in [-0.25, -0.2) is 4.39 Å². The van der Waals surface area contributed by atoms with Crippen molar-refractivity contribution in [1.29, 1.82) is 0 Å². The number of Topliss-reactive ketones (excluding diaryl/α,β-unsaturated/α-hetero) is 1. The molecule has 1 heterocycles. The van der Waals surface area contributed by atoms with Gasteiger partial charge in [0.15, 0.2) is 5.78 Å². The number of hydrogen-bond donors (Lipinski definition) is 1. The topological polar surface area (TPSA) is 57.6 Å². The Balaban J connectivity index is 2.06. The van der Waals surface area contributed by atoms with E-state index in [4.69, 9.17) is 0 Å². The highest BCUT2D eigenvalue weighted by atomic mass is 19.1. The van der Waals surface area contributed by atoms with E-state index in [2.05, 4.69) is 0 Å². The summed E-state index contributed by atoms with van der Waals surface area (Å²) in [5, 5.41) is 10.6. The maximum Gasteiger partial charge on any atom is 0.232 e. The summed E-state index contributed by atoms with van der Waals surface area (Å²) in [6.07, 6.45) is 0.0273. The number of anilines is 1. The van der Waals surface area contributed by atoms with Gasteiger partial charge in [-0.2, -0.15) is 0 Å². The van der Waals surface area contributed by atoms with Crippen LogP contribution in [0, 0.1) is 12.7 Å². The van der Waals surface area contributed by atoms with Gasteiger partial charge in [0.25, 0.3) is 0 Å². The van der Waals surface area contributed by atoms with E-state index >= 15 is 0 Å². The molecule has 134 valence electrons. The lowest BCUT2D eigenvalue weighted by atomic mass is 10.0. The van der Waals surface area contributed by atoms with Crippen molar-refractivity contribution in [2.24, 2.45) is 0 Å². The van der Waals surface area contributed by atoms with Crippen LogP contribution in [0.5, 0.6) is 0 Å². The normalized spacial score (nSPS) is 14.3. The number of aryl methyl sites for hydroxylation is 1. The highest BCUT2D eigenvalue weighted by Crippen LogP contribution is 2.34. The van der Waals surface area contributed by atoms with Crippen molar-refractivity contribution < 1.29 is 19.1 Å². The van der Waals surface area contributed by atoms with Gasteiger partial charge in [-0.3, -0.25) is 9.59 Å². The van der Waals surface area contributed by atoms with Crippen LogP contribution in [0.2, 0.25) is 0 Å². The van der Waals surface area contributed by atoms with Crippen molar-refractivity contribution in [2.75, 3.05) is 4.90 Å². The molecule has 2 aromatic rings. The van der Waals surface area contributed by atoms with Gasteiger partial charge in [-0.1, -0.05) is 31.2 Å². The summed E-state index contributed by atoms with van der Waals surface area (Å²) in [7, 11) is 0. The van der Waals surface area contributed by atoms with Gasteiger partial charge in [0.05, 0.1) is 18.7 Å². The third-order valence-corrected chi connectivity index (χ3v) is 4.60. The summed E-state index contributed by atoms with van der Waals surface area (Å²) in [5.41, 5.74) is 2.24. The molecule has 0 spiro atoms. The molecule has 0 radical (unpaired) electrons. The van der Waals surface area contributed by atoms with Gasteiger partial charge in [-0.15, -0.1) is 0 Å². The van der Waals surface area contributed by atoms with Gasteiger partial charge in [0, 0.05) is 17.6 Å². The van der Waals surface area contributed by atoms with E-state index in [0.717, 1.165) is 0 Å². The fraction of sp³-hybridized carbons (Fsp3) is 0.238. The third kappa shape index (κ3) is 3.25. The molecule has 3 rings (SSSR count). The highest BCUT2D eigenvalue weighted by molar-refractivity contribution is 6.11. The van der Waals surface area contributed by atoms with Gasteiger partial charge < -0.3 is 10.0 Å². The molecule has 0 atom stereocenters. The molecule has 4 nitrogen and oxygen atoms in total. The molecule has 26 heavy (non-hydrogen) atoms. The summed E-state index contributed by atoms with van der Waals surface area (Å²) in [6, 6.07) is 11.7. The minimum atomic E-state index is -0.333. The molecule has 0 aliphatic carbocycles. The minimum absolute atomic E-state index is 0.127. The first-order valence-corrected chi connectivity index (χ1v) is 8.52. The number of nitrogens with zero attached hydrogens (tertiary/aromatic N) is 1. The molecule has 0 fully saturated rings. The number of amides is 1. The molecule has 0 saturated carbocycles. The number of aliphatic hydroxyl groups is 1. The van der Waals surface area contributed by atoms with Crippen LogP contribution < -0.4 is 4.90 Å². The van der Waals surface area contributed by atoms with Crippen LogP contribution in [0.25, 0.3) is 5.76 Å². The van der Waals surface area contributed by atoms with Crippen LogP contribution in [-0.2, 0) is 16.1 Å². The van der Waals surface area contributed by atoms with Crippen LogP contribution in [0.1, 0.15) is 36.5 Å². The predicted molar refractivity (Wildman–Crippen MR) is 98.2 cm³/mol. The number of benzene rings is 2. The largest absolute Gasteiger partial charge is 0.507 e. The molecule has 0 bridgehead atoms. The van der Waals surface area contributed by atoms with Crippen molar-refractivity contribution in [3.05, 3.63) is 70.5 Å². The lowest BCUT2D eigenvalue weighted by Gasteiger charge is -2.23. The average molecular weight is 353 g/mol. The van der Waals surface area contributed by atoms with E-state index in [1.165, 1.54) is 11.0 Å². The van der Waals surface area contributed by atoms with Crippen molar-refractivity contribution in [2.45, 2.75) is 33.2 Å². The van der Waals surface area contributed by atoms with Crippen LogP contribution in [0.3, 0.4) is 0 Å². The van der Waals surface area contributed by atoms with E-state index in [1.54, 1.807) is 50.2 Å². The summed E-state index contributed by atoms with van der Waals surface area (Å²) in [4.78, 5) is 26.5. The molecular weight excluding hydrogens is 333 g/mol. The molecule has 0 unspecified atom stereocenters. The zero-order chi connectivity index (χ0) is 18.8. The Hall–Kier alpha value is -2.95. The molecule has 1 aliphatic rings. The number of ketones is 1. The maximum absolute atomic E-state index is 13.9. The van der Waals surface area contributed by atoms with Crippen molar-refractivity contribution in [3.8, 4) is 0 Å². The quantitative estimate of drug-likeness (QED) is 0.891. The van der Waals surface area contributed by atoms with Crippen molar-refractivity contribution in [3.63, 3.8) is 0 Å². The molecule has 0 aromatic heterocycles. The fourth-order valence-corrected chi connectivity index (χ4v) is 3.07. The first-order valence-electron chi connectivity index (χ1n) is 8.52. The van der Waals surface area contributed by atoms with Gasteiger partial charge in [0.2, 0.25) is 5.91 Å². The first kappa shape index (κ1) is 17.9. The number of aliphatic hydroxyl groups excluding tert-OH is 1. The van der Waals surface area contributed by atoms with Crippen LogP contribution in [-0.4, -0.2) is 16.8 Å². The molecule has 5 heteroatoms. The molecular formula is C21H20FNO3. The summed E-state index contributed by atoms with van der Waals surface area (Å²) in [5.74, 6) is -1.05. The Morgan fingerprint density at radius 3 is 2.65 bits per heavy atom. The molecule has 1 N–H and O–H groups in total. The molecule has 0 saturated heterocycles. The zero-order valence-corrected chi connectivity index (χ0v) is 14.8. The number of para-hydroxylation sites is 1. The Labute approximate surface area is 151 Å². The number of rotatable bonds is 4. The Morgan fingerprint density at radius 2 is 1.96 bits per heavy atom. The smallest absolute Gasteiger partial charge is 0.232 e. The third-order valence-electron chi connectivity index (χ3n) is 4.60. The minimum Gasteiger partial charge on any atom is -0.507 e. The SMILES string of the molecule is CCC(=O)C1=C(O)c2ccccc2N(Cc2ccc(C)c(F)c2)C(=O)C1. The monoisotopic (exact) mass is 353 g/mol. The maximum atomic E-state index is 13.9. The number of halogens is 1. The summed E-state index contributed by atoms with van der Waals surface area (Å²) < 4.78 is 13.9. The number of hydrogen-bond acceptors (Lipinski definition) is 3. The average Bonchev–Trinajstić information content (AvgIpc) is 2.74. The second-order valence-corrected chi connectivity index (χ2v) is 6.36. The van der Waals surface area contributed by atoms with E-state index in [-0.39, 0.29) is 48.2 Å². The standard InChI is InChI=1S/C21H20FNO3/c1-3-19(24)16-11-20(25)23(12-14-9-8-13(2)17(22)10-14)18-7-5-4-6-15(18)21(16)26/h4-10,26H,3,11-12H2,1-2H3. The first-order chi connectivity index (χ1) is 12.4. The van der Waals surface area contributed by atoms with Gasteiger partial charge >= 0.3 is 0 Å². The second-order valence-electron chi connectivity index (χ2n) is 6.36. The fourth-order valence-electron chi connectivity index (χ4n) is 3.07. The second kappa shape index (κ2) is 7.12. The predicted octanol–water partition coefficient (Wildman–Crippen LogP) is 4.32. The van der Waals surface area contributed by atoms with E-state index in [0.29, 0.717) is 22.4 Å².